The van der Waals surface area contributed by atoms with Crippen molar-refractivity contribution in [2.24, 2.45) is 35.1 Å². The highest BCUT2D eigenvalue weighted by atomic mass is 32.1. The van der Waals surface area contributed by atoms with Crippen LogP contribution < -0.4 is 48.7 Å². The van der Waals surface area contributed by atoms with Crippen molar-refractivity contribution in [1.82, 2.24) is 47.0 Å². The molecule has 2 aliphatic heterocycles. The average molecular weight is 1040 g/mol. The van der Waals surface area contributed by atoms with Gasteiger partial charge in [-0.25, -0.2) is 4.79 Å². The van der Waals surface area contributed by atoms with E-state index in [1.54, 1.807) is 41.5 Å². The molecule has 24 nitrogen and oxygen atoms in total. The molecular formula is C47H81N11O13S. The van der Waals surface area contributed by atoms with Crippen molar-refractivity contribution in [1.29, 1.82) is 0 Å². The molecule has 2 fully saturated rings. The quantitative estimate of drug-likeness (QED) is 0.0353. The number of carbonyl (C=O) groups is 11. The van der Waals surface area contributed by atoms with Crippen LogP contribution in [0.1, 0.15) is 120 Å². The zero-order valence-corrected chi connectivity index (χ0v) is 44.1. The zero-order chi connectivity index (χ0) is 54.7. The second-order valence-electron chi connectivity index (χ2n) is 20.3. The first-order valence-corrected chi connectivity index (χ1v) is 25.5. The molecule has 2 heterocycles. The lowest BCUT2D eigenvalue weighted by Crippen LogP contribution is -2.61. The van der Waals surface area contributed by atoms with Gasteiger partial charge in [0, 0.05) is 25.3 Å². The van der Waals surface area contributed by atoms with E-state index in [0.717, 1.165) is 0 Å². The smallest absolute Gasteiger partial charge is 0.326 e. The monoisotopic (exact) mass is 1040 g/mol. The van der Waals surface area contributed by atoms with E-state index in [9.17, 15) is 63.0 Å². The van der Waals surface area contributed by atoms with Crippen LogP contribution in [0.3, 0.4) is 0 Å². The average Bonchev–Trinajstić information content (AvgIpc) is 4.00. The van der Waals surface area contributed by atoms with Gasteiger partial charge in [-0.15, -0.1) is 0 Å². The Balaban J connectivity index is 2.16. The molecule has 0 radical (unpaired) electrons. The predicted molar refractivity (Wildman–Crippen MR) is 267 cm³/mol. The number of thiol groups is 1. The van der Waals surface area contributed by atoms with E-state index in [0.29, 0.717) is 32.2 Å². The number of primary amides is 1. The molecule has 2 rings (SSSR count). The summed E-state index contributed by atoms with van der Waals surface area (Å²) >= 11 is 4.21. The Morgan fingerprint density at radius 2 is 1.03 bits per heavy atom. The summed E-state index contributed by atoms with van der Waals surface area (Å²) < 4.78 is 0. The second-order valence-corrected chi connectivity index (χ2v) is 20.7. The number of carboxylic acids is 1. The van der Waals surface area contributed by atoms with Crippen LogP contribution in [0.25, 0.3) is 0 Å². The molecule has 408 valence electrons. The molecule has 0 aliphatic carbocycles. The van der Waals surface area contributed by atoms with Crippen LogP contribution in [0, 0.1) is 23.7 Å². The topological polar surface area (TPSA) is 371 Å². The number of aliphatic hydroxyl groups excluding tert-OH is 1. The Bertz CT molecular complexity index is 1940. The number of carboxylic acid groups (broad SMARTS) is 1. The normalized spacial score (nSPS) is 19.1. The van der Waals surface area contributed by atoms with Crippen molar-refractivity contribution >= 4 is 77.7 Å². The lowest BCUT2D eigenvalue weighted by Gasteiger charge is -2.31. The highest BCUT2D eigenvalue weighted by Gasteiger charge is 2.42. The third-order valence-corrected chi connectivity index (χ3v) is 12.7. The van der Waals surface area contributed by atoms with Gasteiger partial charge in [-0.2, -0.15) is 12.6 Å². The summed E-state index contributed by atoms with van der Waals surface area (Å²) in [5, 5.41) is 37.6. The maximum absolute atomic E-state index is 13.9. The first-order chi connectivity index (χ1) is 33.6. The summed E-state index contributed by atoms with van der Waals surface area (Å²) in [5.74, 6) is -9.69. The molecule has 13 N–H and O–H groups in total. The van der Waals surface area contributed by atoms with E-state index in [1.807, 2.05) is 13.8 Å². The molecule has 0 unspecified atom stereocenters. The second kappa shape index (κ2) is 29.8. The first kappa shape index (κ1) is 62.6. The summed E-state index contributed by atoms with van der Waals surface area (Å²) in [4.78, 5) is 148. The number of rotatable bonds is 29. The first-order valence-electron chi connectivity index (χ1n) is 24.9. The molecular weight excluding hydrogens is 959 g/mol. The predicted octanol–water partition coefficient (Wildman–Crippen LogP) is -2.22. The molecule has 2 aliphatic rings. The van der Waals surface area contributed by atoms with Crippen LogP contribution in [-0.2, 0) is 52.7 Å². The standard InChI is InChI=1S/C47H81N11O13S/c1-23(2)18-28(48)45(68)57-16-10-13-35(57)43(66)54-32(21-59)46(69)58-17-11-12-34(58)42(65)50-27(9)38(61)55-33(22-72)41(64)51-29(14-15-36(49)60)39(62)52-30(19-24(3)4)40(63)56-37(26(7)8)44(67)53-31(47(70)71)20-25(5)6/h23-35,37,59,72H,10-22,48H2,1-9H3,(H2,49,60)(H,50,65)(H,51,64)(H,52,62)(H,53,67)(H,54,66)(H,55,61)(H,56,63)(H,70,71)/t27-,28-,29-,30-,31-,32-,33-,34-,35-,37-/m0/s1. The number of carbonyl (C=O) groups excluding carboxylic acids is 10. The number of aliphatic hydroxyl groups is 1. The van der Waals surface area contributed by atoms with E-state index < -0.39 is 132 Å². The van der Waals surface area contributed by atoms with E-state index in [2.05, 4.69) is 49.8 Å². The highest BCUT2D eigenvalue weighted by Crippen LogP contribution is 2.22. The molecule has 0 aromatic heterocycles. The number of amides is 10. The maximum Gasteiger partial charge on any atom is 0.326 e. The van der Waals surface area contributed by atoms with Gasteiger partial charge in [0.25, 0.3) is 0 Å². The van der Waals surface area contributed by atoms with Crippen molar-refractivity contribution in [2.75, 3.05) is 25.4 Å². The summed E-state index contributed by atoms with van der Waals surface area (Å²) in [6.45, 7) is 15.2. The number of nitrogens with two attached hydrogens (primary N) is 2. The van der Waals surface area contributed by atoms with Crippen LogP contribution in [0.4, 0.5) is 0 Å². The fourth-order valence-electron chi connectivity index (χ4n) is 8.49. The number of hydrogen-bond donors (Lipinski definition) is 12. The number of aliphatic carboxylic acids is 1. The van der Waals surface area contributed by atoms with Crippen LogP contribution in [-0.4, -0.2) is 171 Å². The van der Waals surface area contributed by atoms with E-state index in [-0.39, 0.29) is 68.1 Å². The minimum atomic E-state index is -1.48. The van der Waals surface area contributed by atoms with E-state index >= 15 is 0 Å². The lowest BCUT2D eigenvalue weighted by atomic mass is 9.98. The Morgan fingerprint density at radius 1 is 0.569 bits per heavy atom. The van der Waals surface area contributed by atoms with Crippen molar-refractivity contribution in [2.45, 2.75) is 181 Å². The molecule has 72 heavy (non-hydrogen) atoms. The van der Waals surface area contributed by atoms with Gasteiger partial charge >= 0.3 is 5.97 Å². The molecule has 0 aromatic carbocycles. The summed E-state index contributed by atoms with van der Waals surface area (Å²) in [6, 6.07) is -12.1. The molecule has 2 saturated heterocycles. The van der Waals surface area contributed by atoms with Crippen molar-refractivity contribution < 1.29 is 63.0 Å². The highest BCUT2D eigenvalue weighted by molar-refractivity contribution is 7.80. The van der Waals surface area contributed by atoms with Gasteiger partial charge in [-0.05, 0) is 82.0 Å². The van der Waals surface area contributed by atoms with Crippen molar-refractivity contribution in [3.63, 3.8) is 0 Å². The largest absolute Gasteiger partial charge is 0.480 e. The summed E-state index contributed by atoms with van der Waals surface area (Å²) in [6.07, 6.45) is 1.35. The van der Waals surface area contributed by atoms with Crippen LogP contribution in [0.5, 0.6) is 0 Å². The molecule has 10 atom stereocenters. The minimum Gasteiger partial charge on any atom is -0.480 e. The van der Waals surface area contributed by atoms with Crippen molar-refractivity contribution in [3.8, 4) is 0 Å². The van der Waals surface area contributed by atoms with Gasteiger partial charge in [0.1, 0.15) is 54.4 Å². The summed E-state index contributed by atoms with van der Waals surface area (Å²) in [7, 11) is 0. The fourth-order valence-corrected chi connectivity index (χ4v) is 8.75. The van der Waals surface area contributed by atoms with Crippen LogP contribution >= 0.6 is 12.6 Å². The van der Waals surface area contributed by atoms with Gasteiger partial charge < -0.3 is 68.7 Å². The zero-order valence-electron chi connectivity index (χ0n) is 43.2. The molecule has 0 spiro atoms. The van der Waals surface area contributed by atoms with Crippen LogP contribution in [0.2, 0.25) is 0 Å². The third-order valence-electron chi connectivity index (χ3n) is 12.3. The van der Waals surface area contributed by atoms with Gasteiger partial charge in [-0.3, -0.25) is 47.9 Å². The molecule has 0 aromatic rings. The van der Waals surface area contributed by atoms with Gasteiger partial charge in [0.05, 0.1) is 12.6 Å². The van der Waals surface area contributed by atoms with Gasteiger partial charge in [0.2, 0.25) is 59.1 Å². The summed E-state index contributed by atoms with van der Waals surface area (Å²) in [5.41, 5.74) is 11.5. The fraction of sp³-hybridized carbons (Fsp3) is 0.766. The van der Waals surface area contributed by atoms with Crippen LogP contribution in [0.15, 0.2) is 0 Å². The number of nitrogens with zero attached hydrogens (tertiary/aromatic N) is 2. The number of nitrogens with one attached hydrogen (secondary N) is 7. The van der Waals surface area contributed by atoms with E-state index in [4.69, 9.17) is 11.5 Å². The molecule has 25 heteroatoms. The number of hydrogen-bond acceptors (Lipinski definition) is 14. The number of likely N-dealkylation sites (tertiary alicyclic amines) is 2. The van der Waals surface area contributed by atoms with Crippen molar-refractivity contribution in [3.05, 3.63) is 0 Å². The Hall–Kier alpha value is -5.56. The third kappa shape index (κ3) is 19.5. The van der Waals surface area contributed by atoms with Gasteiger partial charge in [0.15, 0.2) is 0 Å². The lowest BCUT2D eigenvalue weighted by molar-refractivity contribution is -0.144. The van der Waals surface area contributed by atoms with E-state index in [1.165, 1.54) is 16.7 Å². The maximum atomic E-state index is 13.9. The Labute approximate surface area is 427 Å². The molecule has 0 bridgehead atoms. The SMILES string of the molecule is CC(C)C[C@H](NC(=O)[C@@H](NC(=O)[C@H](CC(C)C)NC(=O)[C@H](CCC(N)=O)NC(=O)[C@H](CS)NC(=O)[C@H](C)NC(=O)[C@@H]1CCCN1C(=O)[C@H](CO)NC(=O)[C@@H]1CCCN1C(=O)[C@@H](N)CC(C)C)C(C)C)C(=O)O. The minimum absolute atomic E-state index is 0.0626. The molecule has 0 saturated carbocycles. The van der Waals surface area contributed by atoms with Gasteiger partial charge in [-0.1, -0.05) is 55.4 Å². The molecule has 10 amide bonds. The Morgan fingerprint density at radius 3 is 1.51 bits per heavy atom. The Kier molecular flexibility index (Phi) is 25.9.